The molecule has 0 saturated carbocycles. The van der Waals surface area contributed by atoms with Crippen molar-refractivity contribution in [2.24, 2.45) is 0 Å². The highest BCUT2D eigenvalue weighted by Crippen LogP contribution is 2.31. The number of ether oxygens (including phenoxy) is 4. The van der Waals surface area contributed by atoms with Crippen LogP contribution in [0.5, 0.6) is 0 Å². The van der Waals surface area contributed by atoms with Gasteiger partial charge in [0.05, 0.1) is 19.3 Å². The van der Waals surface area contributed by atoms with Gasteiger partial charge in [-0.25, -0.2) is 0 Å². The first-order valence-corrected chi connectivity index (χ1v) is 7.61. The average Bonchev–Trinajstić information content (AvgIpc) is 2.45. The molecule has 3 atom stereocenters. The minimum absolute atomic E-state index is 0.154. The molecule has 1 fully saturated rings. The number of aryl methyl sites for hydroxylation is 1. The molecule has 118 valence electrons. The number of benzene rings is 1. The van der Waals surface area contributed by atoms with Crippen molar-refractivity contribution in [2.75, 3.05) is 20.3 Å². The summed E-state index contributed by atoms with van der Waals surface area (Å²) in [4.78, 5) is 0. The Bertz CT molecular complexity index is 409. The zero-order valence-electron chi connectivity index (χ0n) is 13.2. The van der Waals surface area contributed by atoms with Crippen LogP contribution in [0.15, 0.2) is 30.3 Å². The summed E-state index contributed by atoms with van der Waals surface area (Å²) in [5.41, 5.74) is 1.34. The summed E-state index contributed by atoms with van der Waals surface area (Å²) in [7, 11) is 1.67. The van der Waals surface area contributed by atoms with Crippen molar-refractivity contribution in [2.45, 2.75) is 51.3 Å². The van der Waals surface area contributed by atoms with Crippen LogP contribution in [0.4, 0.5) is 0 Å². The van der Waals surface area contributed by atoms with Crippen LogP contribution in [0.25, 0.3) is 0 Å². The fraction of sp³-hybridized carbons (Fsp3) is 0.647. The van der Waals surface area contributed by atoms with E-state index in [9.17, 15) is 0 Å². The molecule has 1 saturated heterocycles. The molecule has 0 aliphatic carbocycles. The van der Waals surface area contributed by atoms with Crippen molar-refractivity contribution in [1.82, 2.24) is 0 Å². The first-order valence-electron chi connectivity index (χ1n) is 7.61. The Kier molecular flexibility index (Phi) is 6.18. The molecule has 0 bridgehead atoms. The van der Waals surface area contributed by atoms with Crippen LogP contribution in [0.1, 0.15) is 32.3 Å². The molecule has 0 spiro atoms. The van der Waals surface area contributed by atoms with Gasteiger partial charge < -0.3 is 18.9 Å². The molecule has 2 rings (SSSR count). The molecule has 0 N–H and O–H groups in total. The summed E-state index contributed by atoms with van der Waals surface area (Å²) >= 11 is 0. The second-order valence-corrected chi connectivity index (χ2v) is 5.65. The minimum atomic E-state index is -0.586. The van der Waals surface area contributed by atoms with Crippen molar-refractivity contribution in [3.63, 3.8) is 0 Å². The number of methoxy groups -OCH3 is 1. The largest absolute Gasteiger partial charge is 0.382 e. The lowest BCUT2D eigenvalue weighted by molar-refractivity contribution is -0.353. The lowest BCUT2D eigenvalue weighted by atomic mass is 10.0. The highest BCUT2D eigenvalue weighted by molar-refractivity contribution is 5.14. The highest BCUT2D eigenvalue weighted by Gasteiger charge is 2.37. The molecule has 0 radical (unpaired) electrons. The molecule has 0 amide bonds. The van der Waals surface area contributed by atoms with Gasteiger partial charge in [0.1, 0.15) is 0 Å². The molecule has 21 heavy (non-hydrogen) atoms. The van der Waals surface area contributed by atoms with E-state index in [1.165, 1.54) is 5.56 Å². The Morgan fingerprint density at radius 2 is 2.00 bits per heavy atom. The van der Waals surface area contributed by atoms with Gasteiger partial charge in [0, 0.05) is 13.5 Å². The quantitative estimate of drug-likeness (QED) is 0.724. The van der Waals surface area contributed by atoms with Gasteiger partial charge in [0.25, 0.3) is 0 Å². The van der Waals surface area contributed by atoms with E-state index >= 15 is 0 Å². The maximum atomic E-state index is 5.88. The summed E-state index contributed by atoms with van der Waals surface area (Å²) in [5, 5.41) is 0. The Morgan fingerprint density at radius 1 is 1.24 bits per heavy atom. The monoisotopic (exact) mass is 294 g/mol. The lowest BCUT2D eigenvalue weighted by Gasteiger charge is -2.41. The Hall–Kier alpha value is -0.940. The number of hydrogen-bond acceptors (Lipinski definition) is 4. The van der Waals surface area contributed by atoms with E-state index in [1.54, 1.807) is 7.11 Å². The molecule has 1 aliphatic rings. The van der Waals surface area contributed by atoms with Gasteiger partial charge in [-0.1, -0.05) is 30.3 Å². The Morgan fingerprint density at radius 3 is 2.71 bits per heavy atom. The summed E-state index contributed by atoms with van der Waals surface area (Å²) in [6, 6.07) is 10.5. The van der Waals surface area contributed by atoms with Crippen LogP contribution in [0.3, 0.4) is 0 Å². The third kappa shape index (κ3) is 5.40. The SMILES string of the molecule is COCCO[C@]1(C)C[C@@H](CCc2ccccc2)O[C@@H](C)O1. The van der Waals surface area contributed by atoms with Crippen LogP contribution in [0, 0.1) is 0 Å². The fourth-order valence-electron chi connectivity index (χ4n) is 2.74. The van der Waals surface area contributed by atoms with Crippen LogP contribution in [-0.4, -0.2) is 38.5 Å². The predicted molar refractivity (Wildman–Crippen MR) is 81.0 cm³/mol. The van der Waals surface area contributed by atoms with Crippen molar-refractivity contribution < 1.29 is 18.9 Å². The zero-order chi connectivity index (χ0) is 15.1. The van der Waals surface area contributed by atoms with Crippen molar-refractivity contribution in [3.05, 3.63) is 35.9 Å². The maximum Gasteiger partial charge on any atom is 0.171 e. The first-order chi connectivity index (χ1) is 10.1. The third-order valence-electron chi connectivity index (χ3n) is 3.69. The Balaban J connectivity index is 1.85. The van der Waals surface area contributed by atoms with Gasteiger partial charge in [-0.3, -0.25) is 0 Å². The van der Waals surface area contributed by atoms with Gasteiger partial charge in [-0.05, 0) is 32.3 Å². The average molecular weight is 294 g/mol. The van der Waals surface area contributed by atoms with Crippen LogP contribution in [0.2, 0.25) is 0 Å². The van der Waals surface area contributed by atoms with Gasteiger partial charge in [-0.15, -0.1) is 0 Å². The molecule has 1 aliphatic heterocycles. The van der Waals surface area contributed by atoms with Gasteiger partial charge in [0.15, 0.2) is 12.1 Å². The second-order valence-electron chi connectivity index (χ2n) is 5.65. The first kappa shape index (κ1) is 16.4. The van der Waals surface area contributed by atoms with E-state index < -0.39 is 5.79 Å². The van der Waals surface area contributed by atoms with E-state index in [1.807, 2.05) is 19.9 Å². The second kappa shape index (κ2) is 7.90. The molecule has 4 nitrogen and oxygen atoms in total. The lowest BCUT2D eigenvalue weighted by Crippen LogP contribution is -2.47. The minimum Gasteiger partial charge on any atom is -0.382 e. The zero-order valence-corrected chi connectivity index (χ0v) is 13.2. The smallest absolute Gasteiger partial charge is 0.171 e. The summed E-state index contributed by atoms with van der Waals surface area (Å²) in [6.07, 6.45) is 2.63. The summed E-state index contributed by atoms with van der Waals surface area (Å²) < 4.78 is 22.5. The van der Waals surface area contributed by atoms with E-state index in [0.717, 1.165) is 19.3 Å². The third-order valence-corrected chi connectivity index (χ3v) is 3.69. The van der Waals surface area contributed by atoms with Crippen LogP contribution in [-0.2, 0) is 25.4 Å². The molecule has 1 aromatic rings. The topological polar surface area (TPSA) is 36.9 Å². The van der Waals surface area contributed by atoms with E-state index in [4.69, 9.17) is 18.9 Å². The van der Waals surface area contributed by atoms with Gasteiger partial charge in [0.2, 0.25) is 0 Å². The highest BCUT2D eigenvalue weighted by atomic mass is 16.8. The molecular weight excluding hydrogens is 268 g/mol. The van der Waals surface area contributed by atoms with E-state index in [0.29, 0.717) is 13.2 Å². The predicted octanol–water partition coefficient (Wildman–Crippen LogP) is 3.15. The number of hydrogen-bond donors (Lipinski definition) is 0. The van der Waals surface area contributed by atoms with Crippen LogP contribution < -0.4 is 0 Å². The molecule has 1 aromatic carbocycles. The Labute approximate surface area is 127 Å². The van der Waals surface area contributed by atoms with E-state index in [2.05, 4.69) is 24.3 Å². The maximum absolute atomic E-state index is 5.88. The molecule has 1 heterocycles. The summed E-state index contributed by atoms with van der Waals surface area (Å²) in [6.45, 7) is 5.01. The van der Waals surface area contributed by atoms with Crippen molar-refractivity contribution >= 4 is 0 Å². The van der Waals surface area contributed by atoms with Crippen LogP contribution >= 0.6 is 0 Å². The van der Waals surface area contributed by atoms with Gasteiger partial charge >= 0.3 is 0 Å². The summed E-state index contributed by atoms with van der Waals surface area (Å²) in [5.74, 6) is -0.586. The molecule has 4 heteroatoms. The molecular formula is C17H26O4. The van der Waals surface area contributed by atoms with E-state index in [-0.39, 0.29) is 12.4 Å². The number of rotatable bonds is 7. The fourth-order valence-corrected chi connectivity index (χ4v) is 2.74. The van der Waals surface area contributed by atoms with Gasteiger partial charge in [-0.2, -0.15) is 0 Å². The van der Waals surface area contributed by atoms with Crippen molar-refractivity contribution in [3.8, 4) is 0 Å². The van der Waals surface area contributed by atoms with Crippen molar-refractivity contribution in [1.29, 1.82) is 0 Å². The standard InChI is InChI=1S/C17H26O4/c1-14-20-16(10-9-15-7-5-4-6-8-15)13-17(2,21-14)19-12-11-18-3/h4-8,14,16H,9-13H2,1-3H3/t14-,16-,17+/m1/s1. The normalized spacial score (nSPS) is 29.5. The molecule has 0 aromatic heterocycles. The molecule has 0 unspecified atom stereocenters.